The first-order valence-electron chi connectivity index (χ1n) is 10.8. The standard InChI is InChI=1S/C24H27N5O/c1-2-24(30)27-18-7-8-19(13-18)29-15-25-14-23(29)17-5-3-16(4-6-17)20-9-10-21-22(28-20)11-12-26-21/h3-6,9-12,14,18-19,25-26H,2,7-8,13,15H2,1H3,(H,27,30)/t18-,19+/m0/s1. The van der Waals surface area contributed by atoms with E-state index in [1.807, 2.05) is 19.2 Å². The van der Waals surface area contributed by atoms with Crippen molar-refractivity contribution in [1.82, 2.24) is 25.5 Å². The number of H-pyrrole nitrogens is 1. The summed E-state index contributed by atoms with van der Waals surface area (Å²) < 4.78 is 0. The Labute approximate surface area is 176 Å². The van der Waals surface area contributed by atoms with Crippen molar-refractivity contribution >= 4 is 22.6 Å². The van der Waals surface area contributed by atoms with E-state index in [0.29, 0.717) is 18.5 Å². The summed E-state index contributed by atoms with van der Waals surface area (Å²) in [6.07, 6.45) is 7.73. The average Bonchev–Trinajstić information content (AvgIpc) is 3.53. The minimum Gasteiger partial charge on any atom is -0.372 e. The number of carbonyl (C=O) groups is 1. The van der Waals surface area contributed by atoms with Gasteiger partial charge in [0.25, 0.3) is 0 Å². The van der Waals surface area contributed by atoms with Gasteiger partial charge in [0.2, 0.25) is 5.91 Å². The highest BCUT2D eigenvalue weighted by atomic mass is 16.1. The van der Waals surface area contributed by atoms with Gasteiger partial charge in [-0.2, -0.15) is 0 Å². The molecule has 2 atom stereocenters. The summed E-state index contributed by atoms with van der Waals surface area (Å²) >= 11 is 0. The van der Waals surface area contributed by atoms with E-state index < -0.39 is 0 Å². The van der Waals surface area contributed by atoms with E-state index in [-0.39, 0.29) is 5.91 Å². The van der Waals surface area contributed by atoms with Crippen molar-refractivity contribution in [3.8, 4) is 11.3 Å². The highest BCUT2D eigenvalue weighted by Gasteiger charge is 2.32. The van der Waals surface area contributed by atoms with Gasteiger partial charge in [-0.15, -0.1) is 0 Å². The molecule has 1 fully saturated rings. The fourth-order valence-electron chi connectivity index (χ4n) is 4.59. The number of carbonyl (C=O) groups excluding carboxylic acids is 1. The molecule has 3 heterocycles. The third-order valence-corrected chi connectivity index (χ3v) is 6.22. The monoisotopic (exact) mass is 401 g/mol. The zero-order valence-corrected chi connectivity index (χ0v) is 17.2. The first kappa shape index (κ1) is 18.7. The molecule has 6 nitrogen and oxygen atoms in total. The number of aromatic amines is 1. The molecule has 154 valence electrons. The fourth-order valence-corrected chi connectivity index (χ4v) is 4.59. The lowest BCUT2D eigenvalue weighted by atomic mass is 10.0. The van der Waals surface area contributed by atoms with E-state index in [1.54, 1.807) is 0 Å². The van der Waals surface area contributed by atoms with Gasteiger partial charge in [0.05, 0.1) is 29.1 Å². The average molecular weight is 402 g/mol. The van der Waals surface area contributed by atoms with Crippen LogP contribution < -0.4 is 10.6 Å². The lowest BCUT2D eigenvalue weighted by molar-refractivity contribution is -0.121. The Balaban J connectivity index is 1.31. The molecule has 0 radical (unpaired) electrons. The van der Waals surface area contributed by atoms with Crippen molar-refractivity contribution in [2.24, 2.45) is 0 Å². The lowest BCUT2D eigenvalue weighted by Gasteiger charge is -2.28. The number of pyridine rings is 1. The number of amides is 1. The van der Waals surface area contributed by atoms with Crippen molar-refractivity contribution in [1.29, 1.82) is 0 Å². The van der Waals surface area contributed by atoms with Crippen LogP contribution >= 0.6 is 0 Å². The van der Waals surface area contributed by atoms with Gasteiger partial charge in [0, 0.05) is 36.5 Å². The molecule has 5 rings (SSSR count). The molecule has 2 aliphatic rings. The maximum atomic E-state index is 11.7. The van der Waals surface area contributed by atoms with Crippen molar-refractivity contribution in [3.05, 3.63) is 60.4 Å². The Kier molecular flexibility index (Phi) is 4.91. The van der Waals surface area contributed by atoms with Gasteiger partial charge in [-0.1, -0.05) is 31.2 Å². The van der Waals surface area contributed by atoms with Gasteiger partial charge in [0.1, 0.15) is 0 Å². The molecular weight excluding hydrogens is 374 g/mol. The van der Waals surface area contributed by atoms with Gasteiger partial charge in [-0.3, -0.25) is 4.79 Å². The lowest BCUT2D eigenvalue weighted by Crippen LogP contribution is -2.36. The quantitative estimate of drug-likeness (QED) is 0.607. The van der Waals surface area contributed by atoms with Gasteiger partial charge in [-0.05, 0) is 43.0 Å². The number of hydrogen-bond acceptors (Lipinski definition) is 4. The minimum absolute atomic E-state index is 0.151. The first-order chi connectivity index (χ1) is 14.7. The molecule has 2 aromatic heterocycles. The van der Waals surface area contributed by atoms with Crippen molar-refractivity contribution < 1.29 is 4.79 Å². The highest BCUT2D eigenvalue weighted by molar-refractivity contribution is 5.79. The third-order valence-electron chi connectivity index (χ3n) is 6.22. The molecule has 1 amide bonds. The summed E-state index contributed by atoms with van der Waals surface area (Å²) in [5.74, 6) is 0.151. The maximum Gasteiger partial charge on any atom is 0.219 e. The molecule has 1 aliphatic carbocycles. The number of hydrogen-bond donors (Lipinski definition) is 3. The third kappa shape index (κ3) is 3.54. The van der Waals surface area contributed by atoms with E-state index in [9.17, 15) is 4.79 Å². The van der Waals surface area contributed by atoms with Gasteiger partial charge < -0.3 is 20.5 Å². The van der Waals surface area contributed by atoms with Crippen molar-refractivity contribution in [2.75, 3.05) is 6.67 Å². The number of aromatic nitrogens is 2. The van der Waals surface area contributed by atoms with E-state index in [2.05, 4.69) is 63.1 Å². The number of fused-ring (bicyclic) bond motifs is 1. The molecule has 3 N–H and O–H groups in total. The van der Waals surface area contributed by atoms with Crippen LogP contribution in [0.3, 0.4) is 0 Å². The van der Waals surface area contributed by atoms with Crippen molar-refractivity contribution in [3.63, 3.8) is 0 Å². The smallest absolute Gasteiger partial charge is 0.219 e. The normalized spacial score (nSPS) is 21.0. The van der Waals surface area contributed by atoms with Crippen LogP contribution in [0.1, 0.15) is 38.2 Å². The Morgan fingerprint density at radius 2 is 1.97 bits per heavy atom. The number of nitrogens with zero attached hydrogens (tertiary/aromatic N) is 2. The molecule has 0 unspecified atom stereocenters. The molecular formula is C24H27N5O. The summed E-state index contributed by atoms with van der Waals surface area (Å²) in [5.41, 5.74) is 6.56. The maximum absolute atomic E-state index is 11.7. The SMILES string of the molecule is CCC(=O)N[C@H]1CC[C@@H](N2CNC=C2c2ccc(-c3ccc4[nH]ccc4n3)cc2)C1. The Hall–Kier alpha value is -3.28. The van der Waals surface area contributed by atoms with E-state index in [0.717, 1.165) is 48.2 Å². The summed E-state index contributed by atoms with van der Waals surface area (Å²) in [6, 6.07) is 15.5. The highest BCUT2D eigenvalue weighted by Crippen LogP contribution is 2.33. The van der Waals surface area contributed by atoms with Gasteiger partial charge in [-0.25, -0.2) is 4.98 Å². The number of benzene rings is 1. The Morgan fingerprint density at radius 3 is 2.80 bits per heavy atom. The molecule has 0 spiro atoms. The van der Waals surface area contributed by atoms with Gasteiger partial charge >= 0.3 is 0 Å². The van der Waals surface area contributed by atoms with E-state index >= 15 is 0 Å². The zero-order valence-electron chi connectivity index (χ0n) is 17.2. The topological polar surface area (TPSA) is 73.1 Å². The predicted molar refractivity (Wildman–Crippen MR) is 119 cm³/mol. The predicted octanol–water partition coefficient (Wildman–Crippen LogP) is 3.84. The molecule has 0 bridgehead atoms. The first-order valence-corrected chi connectivity index (χ1v) is 10.8. The summed E-state index contributed by atoms with van der Waals surface area (Å²) in [4.78, 5) is 22.1. The summed E-state index contributed by atoms with van der Waals surface area (Å²) in [7, 11) is 0. The van der Waals surface area contributed by atoms with Crippen LogP contribution in [-0.2, 0) is 4.79 Å². The second kappa shape index (κ2) is 7.86. The molecule has 6 heteroatoms. The fraction of sp³-hybridized carbons (Fsp3) is 0.333. The largest absolute Gasteiger partial charge is 0.372 e. The molecule has 30 heavy (non-hydrogen) atoms. The van der Waals surface area contributed by atoms with Crippen LogP contribution in [0, 0.1) is 0 Å². The van der Waals surface area contributed by atoms with Crippen molar-refractivity contribution in [2.45, 2.75) is 44.7 Å². The number of rotatable bonds is 5. The minimum atomic E-state index is 0.151. The molecule has 0 saturated heterocycles. The van der Waals surface area contributed by atoms with Crippen LogP contribution in [0.25, 0.3) is 28.0 Å². The molecule has 3 aromatic rings. The van der Waals surface area contributed by atoms with Crippen LogP contribution in [-0.4, -0.2) is 39.5 Å². The van der Waals surface area contributed by atoms with Gasteiger partial charge in [0.15, 0.2) is 0 Å². The summed E-state index contributed by atoms with van der Waals surface area (Å²) in [5, 5.41) is 6.55. The summed E-state index contributed by atoms with van der Waals surface area (Å²) in [6.45, 7) is 2.73. The second-order valence-corrected chi connectivity index (χ2v) is 8.13. The van der Waals surface area contributed by atoms with E-state index in [4.69, 9.17) is 4.98 Å². The Bertz CT molecular complexity index is 1080. The van der Waals surface area contributed by atoms with Crippen LogP contribution in [0.15, 0.2) is 54.9 Å². The zero-order chi connectivity index (χ0) is 20.5. The Morgan fingerprint density at radius 1 is 1.13 bits per heavy atom. The molecule has 1 aromatic carbocycles. The van der Waals surface area contributed by atoms with Crippen LogP contribution in [0.5, 0.6) is 0 Å². The second-order valence-electron chi connectivity index (χ2n) is 8.13. The van der Waals surface area contributed by atoms with Crippen LogP contribution in [0.4, 0.5) is 0 Å². The molecule has 1 saturated carbocycles. The van der Waals surface area contributed by atoms with E-state index in [1.165, 1.54) is 11.3 Å². The van der Waals surface area contributed by atoms with Crippen LogP contribution in [0.2, 0.25) is 0 Å². The molecule has 1 aliphatic heterocycles. The number of nitrogens with one attached hydrogen (secondary N) is 3.